The van der Waals surface area contributed by atoms with Gasteiger partial charge in [-0.25, -0.2) is 0 Å². The van der Waals surface area contributed by atoms with Crippen molar-refractivity contribution in [2.75, 3.05) is 18.5 Å². The molecule has 2 aromatic rings. The molecule has 0 aromatic heterocycles. The van der Waals surface area contributed by atoms with Gasteiger partial charge in [-0.15, -0.1) is 0 Å². The summed E-state index contributed by atoms with van der Waals surface area (Å²) >= 11 is 11.7. The van der Waals surface area contributed by atoms with Crippen LogP contribution in [0.25, 0.3) is 0 Å². The van der Waals surface area contributed by atoms with Crippen LogP contribution in [-0.4, -0.2) is 30.9 Å². The molecule has 0 radical (unpaired) electrons. The molecule has 0 heterocycles. The van der Waals surface area contributed by atoms with Gasteiger partial charge in [0.05, 0.1) is 6.42 Å². The van der Waals surface area contributed by atoms with E-state index in [0.29, 0.717) is 21.3 Å². The Morgan fingerprint density at radius 2 is 1.74 bits per heavy atom. The van der Waals surface area contributed by atoms with Crippen LogP contribution in [0.4, 0.5) is 5.69 Å². The smallest absolute Gasteiger partial charge is 0.308 e. The fourth-order valence-corrected chi connectivity index (χ4v) is 2.37. The van der Waals surface area contributed by atoms with E-state index in [1.165, 1.54) is 0 Å². The number of nitrogens with one attached hydrogen (secondary N) is 2. The van der Waals surface area contributed by atoms with Crippen molar-refractivity contribution in [2.45, 2.75) is 13.3 Å². The number of amides is 2. The fourth-order valence-electron chi connectivity index (χ4n) is 2.07. The first kappa shape index (κ1) is 20.7. The molecule has 0 fully saturated rings. The number of benzene rings is 2. The Labute approximate surface area is 166 Å². The Morgan fingerprint density at radius 3 is 2.41 bits per heavy atom. The van der Waals surface area contributed by atoms with Crippen molar-refractivity contribution in [1.82, 2.24) is 5.32 Å². The second-order valence-electron chi connectivity index (χ2n) is 5.69. The lowest BCUT2D eigenvalue weighted by Crippen LogP contribution is -2.27. The molecule has 0 spiro atoms. The quantitative estimate of drug-likeness (QED) is 0.685. The summed E-state index contributed by atoms with van der Waals surface area (Å²) in [5.74, 6) is -1.40. The zero-order valence-corrected chi connectivity index (χ0v) is 16.1. The van der Waals surface area contributed by atoms with Crippen molar-refractivity contribution in [1.29, 1.82) is 0 Å². The van der Waals surface area contributed by atoms with Gasteiger partial charge in [0.2, 0.25) is 0 Å². The van der Waals surface area contributed by atoms with Crippen molar-refractivity contribution in [3.63, 3.8) is 0 Å². The van der Waals surface area contributed by atoms with Gasteiger partial charge in [0, 0.05) is 27.8 Å². The van der Waals surface area contributed by atoms with E-state index in [0.717, 1.165) is 5.56 Å². The van der Waals surface area contributed by atoms with Gasteiger partial charge in [0.25, 0.3) is 11.8 Å². The van der Waals surface area contributed by atoms with Crippen molar-refractivity contribution in [2.24, 2.45) is 0 Å². The normalized spacial score (nSPS) is 10.2. The Morgan fingerprint density at radius 1 is 1.04 bits per heavy atom. The molecule has 2 N–H and O–H groups in total. The third-order valence-electron chi connectivity index (χ3n) is 3.54. The van der Waals surface area contributed by atoms with E-state index in [2.05, 4.69) is 10.6 Å². The van der Waals surface area contributed by atoms with Gasteiger partial charge in [-0.2, -0.15) is 0 Å². The molecule has 2 rings (SSSR count). The van der Waals surface area contributed by atoms with E-state index in [1.807, 2.05) is 6.92 Å². The van der Waals surface area contributed by atoms with E-state index < -0.39 is 18.5 Å². The number of hydrogen-bond donors (Lipinski definition) is 2. The molecule has 0 saturated carbocycles. The van der Waals surface area contributed by atoms with Gasteiger partial charge in [-0.1, -0.05) is 29.3 Å². The molecule has 0 aliphatic heterocycles. The molecule has 0 aliphatic carbocycles. The number of rotatable bonds is 7. The van der Waals surface area contributed by atoms with Gasteiger partial charge in [0.15, 0.2) is 6.61 Å². The molecular formula is C19H18Cl2N2O4. The number of hydrogen-bond acceptors (Lipinski definition) is 4. The lowest BCUT2D eigenvalue weighted by atomic mass is 10.2. The molecule has 0 unspecified atom stereocenters. The molecule has 6 nitrogen and oxygen atoms in total. The number of carbonyl (C=O) groups excluding carboxylic acids is 3. The Bertz CT molecular complexity index is 838. The first-order valence-electron chi connectivity index (χ1n) is 8.10. The molecular weight excluding hydrogens is 391 g/mol. The molecule has 2 amide bonds. The van der Waals surface area contributed by atoms with Crippen LogP contribution in [0, 0.1) is 6.92 Å². The lowest BCUT2D eigenvalue weighted by molar-refractivity contribution is -0.147. The maximum Gasteiger partial charge on any atom is 0.308 e. The second-order valence-corrected chi connectivity index (χ2v) is 6.53. The van der Waals surface area contributed by atoms with Gasteiger partial charge in [0.1, 0.15) is 0 Å². The SMILES string of the molecule is Cc1ccc(NC(=O)COC(=O)CCNC(=O)c2ccc(Cl)cc2)cc1Cl. The van der Waals surface area contributed by atoms with Gasteiger partial charge < -0.3 is 15.4 Å². The summed E-state index contributed by atoms with van der Waals surface area (Å²) in [5.41, 5.74) is 1.84. The molecule has 0 bridgehead atoms. The fraction of sp³-hybridized carbons (Fsp3) is 0.211. The summed E-state index contributed by atoms with van der Waals surface area (Å²) in [6.07, 6.45) is -0.0526. The standard InChI is InChI=1S/C19H18Cl2N2O4/c1-12-2-7-15(10-16(12)21)23-17(24)11-27-18(25)8-9-22-19(26)13-3-5-14(20)6-4-13/h2-7,10H,8-9,11H2,1H3,(H,22,26)(H,23,24). The average molecular weight is 409 g/mol. The Balaban J connectivity index is 1.68. The first-order valence-corrected chi connectivity index (χ1v) is 8.86. The molecule has 0 aliphatic rings. The lowest BCUT2D eigenvalue weighted by Gasteiger charge is -2.08. The number of carbonyl (C=O) groups is 3. The minimum Gasteiger partial charge on any atom is -0.456 e. The second kappa shape index (κ2) is 9.94. The molecule has 27 heavy (non-hydrogen) atoms. The highest BCUT2D eigenvalue weighted by Gasteiger charge is 2.10. The topological polar surface area (TPSA) is 84.5 Å². The van der Waals surface area contributed by atoms with E-state index >= 15 is 0 Å². The number of aryl methyl sites for hydroxylation is 1. The van der Waals surface area contributed by atoms with E-state index in [4.69, 9.17) is 27.9 Å². The summed E-state index contributed by atoms with van der Waals surface area (Å²) in [6.45, 7) is 1.52. The number of halogens is 2. The molecule has 142 valence electrons. The first-order chi connectivity index (χ1) is 12.8. The largest absolute Gasteiger partial charge is 0.456 e. The highest BCUT2D eigenvalue weighted by atomic mass is 35.5. The predicted octanol–water partition coefficient (Wildman–Crippen LogP) is 3.60. The Kier molecular flexibility index (Phi) is 7.64. The molecule has 8 heteroatoms. The average Bonchev–Trinajstić information content (AvgIpc) is 2.63. The summed E-state index contributed by atoms with van der Waals surface area (Å²) < 4.78 is 4.88. The van der Waals surface area contributed by atoms with E-state index in [1.54, 1.807) is 42.5 Å². The van der Waals surface area contributed by atoms with Crippen molar-refractivity contribution < 1.29 is 19.1 Å². The maximum absolute atomic E-state index is 11.9. The Hall–Kier alpha value is -2.57. The van der Waals surface area contributed by atoms with E-state index in [9.17, 15) is 14.4 Å². The predicted molar refractivity (Wildman–Crippen MR) is 104 cm³/mol. The molecule has 2 aromatic carbocycles. The monoisotopic (exact) mass is 408 g/mol. The van der Waals surface area contributed by atoms with Crippen LogP contribution < -0.4 is 10.6 Å². The van der Waals surface area contributed by atoms with Gasteiger partial charge in [-0.05, 0) is 48.9 Å². The minimum atomic E-state index is -0.594. The van der Waals surface area contributed by atoms with Gasteiger partial charge >= 0.3 is 5.97 Å². The van der Waals surface area contributed by atoms with Crippen LogP contribution in [0.3, 0.4) is 0 Å². The van der Waals surface area contributed by atoms with Crippen LogP contribution in [0.2, 0.25) is 10.0 Å². The zero-order valence-electron chi connectivity index (χ0n) is 14.6. The van der Waals surface area contributed by atoms with Gasteiger partial charge in [-0.3, -0.25) is 14.4 Å². The van der Waals surface area contributed by atoms with Crippen molar-refractivity contribution in [3.05, 3.63) is 63.6 Å². The number of ether oxygens (including phenoxy) is 1. The van der Waals surface area contributed by atoms with Crippen LogP contribution >= 0.6 is 23.2 Å². The molecule has 0 atom stereocenters. The molecule has 0 saturated heterocycles. The maximum atomic E-state index is 11.9. The minimum absolute atomic E-state index is 0.0526. The number of esters is 1. The highest BCUT2D eigenvalue weighted by Crippen LogP contribution is 2.19. The zero-order chi connectivity index (χ0) is 19.8. The van der Waals surface area contributed by atoms with Crippen molar-refractivity contribution >= 4 is 46.7 Å². The third-order valence-corrected chi connectivity index (χ3v) is 4.20. The van der Waals surface area contributed by atoms with Crippen LogP contribution in [-0.2, 0) is 14.3 Å². The van der Waals surface area contributed by atoms with Crippen molar-refractivity contribution in [3.8, 4) is 0 Å². The van der Waals surface area contributed by atoms with Crippen LogP contribution in [0.5, 0.6) is 0 Å². The highest BCUT2D eigenvalue weighted by molar-refractivity contribution is 6.31. The third kappa shape index (κ3) is 6.92. The summed E-state index contributed by atoms with van der Waals surface area (Å²) in [7, 11) is 0. The van der Waals surface area contributed by atoms with Crippen LogP contribution in [0.1, 0.15) is 22.3 Å². The summed E-state index contributed by atoms with van der Waals surface area (Å²) in [5, 5.41) is 6.23. The number of anilines is 1. The van der Waals surface area contributed by atoms with Crippen LogP contribution in [0.15, 0.2) is 42.5 Å². The summed E-state index contributed by atoms with van der Waals surface area (Å²) in [4.78, 5) is 35.3. The summed E-state index contributed by atoms with van der Waals surface area (Å²) in [6, 6.07) is 11.5. The van der Waals surface area contributed by atoms with E-state index in [-0.39, 0.29) is 18.9 Å².